The first-order chi connectivity index (χ1) is 9.31. The van der Waals surface area contributed by atoms with Crippen LogP contribution in [0, 0.1) is 5.92 Å². The van der Waals surface area contributed by atoms with Gasteiger partial charge in [-0.05, 0) is 25.0 Å². The molecule has 2 aromatic rings. The summed E-state index contributed by atoms with van der Waals surface area (Å²) in [6, 6.07) is 3.57. The lowest BCUT2D eigenvalue weighted by Crippen LogP contribution is -2.49. The number of hydrogen-bond donors (Lipinski definition) is 0. The second kappa shape index (κ2) is 3.94. The summed E-state index contributed by atoms with van der Waals surface area (Å²) in [6.07, 6.45) is 3.66. The van der Waals surface area contributed by atoms with Crippen molar-refractivity contribution in [1.29, 1.82) is 0 Å². The molecular formula is C13H13N3O3. The van der Waals surface area contributed by atoms with Crippen LogP contribution in [0.5, 0.6) is 0 Å². The minimum Gasteiger partial charge on any atom is -0.461 e. The van der Waals surface area contributed by atoms with Crippen LogP contribution in [0.2, 0.25) is 0 Å². The molecular weight excluding hydrogens is 246 g/mol. The van der Waals surface area contributed by atoms with Crippen LogP contribution in [-0.2, 0) is 4.79 Å². The van der Waals surface area contributed by atoms with Gasteiger partial charge in [-0.3, -0.25) is 4.79 Å². The van der Waals surface area contributed by atoms with E-state index in [1.807, 2.05) is 4.90 Å². The average molecular weight is 259 g/mol. The monoisotopic (exact) mass is 259 g/mol. The van der Waals surface area contributed by atoms with Gasteiger partial charge in [-0.15, -0.1) is 0 Å². The highest BCUT2D eigenvalue weighted by Gasteiger charge is 2.41. The van der Waals surface area contributed by atoms with Gasteiger partial charge in [0, 0.05) is 19.0 Å². The molecule has 98 valence electrons. The Morgan fingerprint density at radius 1 is 1.37 bits per heavy atom. The van der Waals surface area contributed by atoms with E-state index in [9.17, 15) is 4.79 Å². The normalized spacial score (nSPS) is 19.5. The maximum absolute atomic E-state index is 11.8. The Balaban J connectivity index is 1.43. The highest BCUT2D eigenvalue weighted by atomic mass is 16.5. The Bertz CT molecular complexity index is 594. The first-order valence-corrected chi connectivity index (χ1v) is 6.47. The van der Waals surface area contributed by atoms with Gasteiger partial charge in [0.2, 0.25) is 17.6 Å². The summed E-state index contributed by atoms with van der Waals surface area (Å²) in [5.41, 5.74) is 0. The summed E-state index contributed by atoms with van der Waals surface area (Å²) in [7, 11) is 0. The van der Waals surface area contributed by atoms with Crippen molar-refractivity contribution < 1.29 is 13.7 Å². The van der Waals surface area contributed by atoms with Gasteiger partial charge in [-0.1, -0.05) is 5.16 Å². The van der Waals surface area contributed by atoms with Crippen molar-refractivity contribution in [1.82, 2.24) is 15.0 Å². The lowest BCUT2D eigenvalue weighted by molar-refractivity contribution is -0.137. The molecule has 0 aromatic carbocycles. The minimum atomic E-state index is 0.166. The first kappa shape index (κ1) is 10.8. The van der Waals surface area contributed by atoms with E-state index in [1.54, 1.807) is 18.4 Å². The summed E-state index contributed by atoms with van der Waals surface area (Å²) in [6.45, 7) is 1.38. The maximum Gasteiger partial charge on any atom is 0.238 e. The number of furan rings is 1. The molecule has 1 saturated heterocycles. The number of carbonyl (C=O) groups is 1. The van der Waals surface area contributed by atoms with Gasteiger partial charge >= 0.3 is 0 Å². The second-order valence-corrected chi connectivity index (χ2v) is 5.15. The van der Waals surface area contributed by atoms with E-state index in [1.165, 1.54) is 0 Å². The highest BCUT2D eigenvalue weighted by molar-refractivity contribution is 5.81. The molecule has 1 aliphatic heterocycles. The van der Waals surface area contributed by atoms with E-state index in [-0.39, 0.29) is 17.7 Å². The Hall–Kier alpha value is -2.11. The molecule has 2 aromatic heterocycles. The number of likely N-dealkylation sites (tertiary alicyclic amines) is 1. The molecule has 0 spiro atoms. The van der Waals surface area contributed by atoms with E-state index in [4.69, 9.17) is 8.94 Å². The third-order valence-electron chi connectivity index (χ3n) is 3.65. The molecule has 1 saturated carbocycles. The van der Waals surface area contributed by atoms with Gasteiger partial charge in [0.25, 0.3) is 0 Å². The Kier molecular flexibility index (Phi) is 2.24. The number of hydrogen-bond acceptors (Lipinski definition) is 5. The summed E-state index contributed by atoms with van der Waals surface area (Å²) in [5, 5.41) is 3.90. The molecule has 2 aliphatic rings. The summed E-state index contributed by atoms with van der Waals surface area (Å²) < 4.78 is 10.5. The molecule has 4 rings (SSSR count). The first-order valence-electron chi connectivity index (χ1n) is 6.47. The highest BCUT2D eigenvalue weighted by Crippen LogP contribution is 2.35. The van der Waals surface area contributed by atoms with Crippen LogP contribution in [-0.4, -0.2) is 34.0 Å². The molecule has 19 heavy (non-hydrogen) atoms. The molecule has 0 N–H and O–H groups in total. The van der Waals surface area contributed by atoms with Crippen molar-refractivity contribution in [3.8, 4) is 11.6 Å². The molecule has 0 bridgehead atoms. The molecule has 0 radical (unpaired) electrons. The van der Waals surface area contributed by atoms with Crippen LogP contribution in [0.4, 0.5) is 0 Å². The smallest absolute Gasteiger partial charge is 0.238 e. The predicted octanol–water partition coefficient (Wildman–Crippen LogP) is 1.67. The number of carbonyl (C=O) groups excluding carboxylic acids is 1. The van der Waals surface area contributed by atoms with Gasteiger partial charge in [0.1, 0.15) is 0 Å². The maximum atomic E-state index is 11.8. The van der Waals surface area contributed by atoms with E-state index in [2.05, 4.69) is 10.1 Å². The average Bonchev–Trinajstić information content (AvgIpc) is 2.88. The van der Waals surface area contributed by atoms with Gasteiger partial charge in [-0.2, -0.15) is 4.98 Å². The predicted molar refractivity (Wildman–Crippen MR) is 64.0 cm³/mol. The molecule has 6 nitrogen and oxygen atoms in total. The SMILES string of the molecule is O=C(C1CC1)N1CC(c2nc(-c3ccco3)no2)C1. The zero-order valence-electron chi connectivity index (χ0n) is 10.3. The van der Waals surface area contributed by atoms with E-state index >= 15 is 0 Å². The fourth-order valence-corrected chi connectivity index (χ4v) is 2.31. The molecule has 1 aliphatic carbocycles. The Labute approximate surface area is 109 Å². The third-order valence-corrected chi connectivity index (χ3v) is 3.65. The van der Waals surface area contributed by atoms with Crippen LogP contribution in [0.25, 0.3) is 11.6 Å². The molecule has 1 amide bonds. The van der Waals surface area contributed by atoms with Crippen molar-refractivity contribution in [2.45, 2.75) is 18.8 Å². The quantitative estimate of drug-likeness (QED) is 0.838. The fraction of sp³-hybridized carbons (Fsp3) is 0.462. The molecule has 0 unspecified atom stereocenters. The molecule has 0 atom stereocenters. The van der Waals surface area contributed by atoms with Crippen molar-refractivity contribution in [3.05, 3.63) is 24.3 Å². The van der Waals surface area contributed by atoms with E-state index in [0.29, 0.717) is 30.6 Å². The van der Waals surface area contributed by atoms with Gasteiger partial charge in [0.05, 0.1) is 12.2 Å². The number of rotatable bonds is 3. The van der Waals surface area contributed by atoms with Crippen LogP contribution in [0.15, 0.2) is 27.3 Å². The second-order valence-electron chi connectivity index (χ2n) is 5.15. The van der Waals surface area contributed by atoms with Gasteiger partial charge in [-0.25, -0.2) is 0 Å². The minimum absolute atomic E-state index is 0.166. The van der Waals surface area contributed by atoms with Gasteiger partial charge in [0.15, 0.2) is 5.76 Å². The van der Waals surface area contributed by atoms with Crippen LogP contribution in [0.1, 0.15) is 24.7 Å². The molecule has 2 fully saturated rings. The topological polar surface area (TPSA) is 72.4 Å². The summed E-state index contributed by atoms with van der Waals surface area (Å²) in [4.78, 5) is 18.0. The van der Waals surface area contributed by atoms with Crippen molar-refractivity contribution in [2.75, 3.05) is 13.1 Å². The Morgan fingerprint density at radius 2 is 2.21 bits per heavy atom. The number of aromatic nitrogens is 2. The lowest BCUT2D eigenvalue weighted by atomic mass is 9.99. The standard InChI is InChI=1S/C13H13N3O3/c17-13(8-3-4-8)16-6-9(7-16)12-14-11(15-19-12)10-2-1-5-18-10/h1-2,5,8-9H,3-4,6-7H2. The Morgan fingerprint density at radius 3 is 2.89 bits per heavy atom. The zero-order valence-corrected chi connectivity index (χ0v) is 10.3. The van der Waals surface area contributed by atoms with Crippen molar-refractivity contribution >= 4 is 5.91 Å². The summed E-state index contributed by atoms with van der Waals surface area (Å²) in [5.74, 6) is 2.38. The van der Waals surface area contributed by atoms with Gasteiger partial charge < -0.3 is 13.8 Å². The van der Waals surface area contributed by atoms with Crippen LogP contribution in [0.3, 0.4) is 0 Å². The summed E-state index contributed by atoms with van der Waals surface area (Å²) >= 11 is 0. The lowest BCUT2D eigenvalue weighted by Gasteiger charge is -2.37. The molecule has 3 heterocycles. The van der Waals surface area contributed by atoms with E-state index in [0.717, 1.165) is 12.8 Å². The molecule has 6 heteroatoms. The number of amides is 1. The zero-order chi connectivity index (χ0) is 12.8. The van der Waals surface area contributed by atoms with Crippen LogP contribution < -0.4 is 0 Å². The third kappa shape index (κ3) is 1.83. The number of nitrogens with zero attached hydrogens (tertiary/aromatic N) is 3. The van der Waals surface area contributed by atoms with Crippen molar-refractivity contribution in [3.63, 3.8) is 0 Å². The largest absolute Gasteiger partial charge is 0.461 e. The van der Waals surface area contributed by atoms with E-state index < -0.39 is 0 Å². The van der Waals surface area contributed by atoms with Crippen molar-refractivity contribution in [2.24, 2.45) is 5.92 Å². The van der Waals surface area contributed by atoms with Crippen LogP contribution >= 0.6 is 0 Å². The fourth-order valence-electron chi connectivity index (χ4n) is 2.31.